The van der Waals surface area contributed by atoms with Gasteiger partial charge in [-0.15, -0.1) is 0 Å². The second-order valence-corrected chi connectivity index (χ2v) is 4.69. The highest BCUT2D eigenvalue weighted by molar-refractivity contribution is 5.87. The van der Waals surface area contributed by atoms with Gasteiger partial charge in [0.25, 0.3) is 5.56 Å². The lowest BCUT2D eigenvalue weighted by Gasteiger charge is -2.08. The van der Waals surface area contributed by atoms with Crippen molar-refractivity contribution < 1.29 is 14.3 Å². The Hall–Kier alpha value is -2.76. The number of hydrogen-bond acceptors (Lipinski definition) is 4. The van der Waals surface area contributed by atoms with Crippen molar-refractivity contribution in [1.82, 2.24) is 9.36 Å². The highest BCUT2D eigenvalue weighted by Crippen LogP contribution is 2.16. The molecule has 22 heavy (non-hydrogen) atoms. The summed E-state index contributed by atoms with van der Waals surface area (Å²) in [5.74, 6) is 0.215. The van der Waals surface area contributed by atoms with Crippen molar-refractivity contribution in [3.8, 4) is 11.4 Å². The van der Waals surface area contributed by atoms with Crippen LogP contribution in [-0.2, 0) is 16.6 Å². The second kappa shape index (κ2) is 6.34. The molecular weight excluding hydrogens is 284 g/mol. The molecule has 1 heterocycles. The van der Waals surface area contributed by atoms with E-state index in [1.807, 2.05) is 6.92 Å². The predicted octanol–water partition coefficient (Wildman–Crippen LogP) is 1.68. The van der Waals surface area contributed by atoms with Crippen molar-refractivity contribution in [2.24, 2.45) is 7.05 Å². The van der Waals surface area contributed by atoms with Gasteiger partial charge in [0.15, 0.2) is 0 Å². The van der Waals surface area contributed by atoms with E-state index in [0.29, 0.717) is 17.0 Å². The van der Waals surface area contributed by atoms with Crippen molar-refractivity contribution in [1.29, 1.82) is 0 Å². The van der Waals surface area contributed by atoms with Gasteiger partial charge < -0.3 is 9.47 Å². The summed E-state index contributed by atoms with van der Waals surface area (Å²) in [6, 6.07) is 7.17. The molecule has 6 nitrogen and oxygen atoms in total. The number of aromatic nitrogens is 2. The van der Waals surface area contributed by atoms with Crippen LogP contribution in [0.3, 0.4) is 0 Å². The molecule has 0 saturated carbocycles. The molecule has 116 valence electrons. The number of carbonyl (C=O) groups is 1. The zero-order chi connectivity index (χ0) is 16.3. The van der Waals surface area contributed by atoms with Gasteiger partial charge in [0.2, 0.25) is 0 Å². The van der Waals surface area contributed by atoms with Crippen LogP contribution in [0.4, 0.5) is 0 Å². The first-order valence-electron chi connectivity index (χ1n) is 6.68. The number of hydrogen-bond donors (Lipinski definition) is 0. The van der Waals surface area contributed by atoms with Gasteiger partial charge in [-0.1, -0.05) is 0 Å². The summed E-state index contributed by atoms with van der Waals surface area (Å²) in [6.07, 6.45) is 2.71. The molecule has 0 radical (unpaired) electrons. The second-order valence-electron chi connectivity index (χ2n) is 4.69. The van der Waals surface area contributed by atoms with E-state index in [9.17, 15) is 9.59 Å². The Bertz CT molecular complexity index is 767. The Morgan fingerprint density at radius 1 is 1.18 bits per heavy atom. The Labute approximate surface area is 128 Å². The molecule has 2 aromatic rings. The van der Waals surface area contributed by atoms with Gasteiger partial charge in [0.1, 0.15) is 5.75 Å². The van der Waals surface area contributed by atoms with E-state index in [4.69, 9.17) is 4.74 Å². The summed E-state index contributed by atoms with van der Waals surface area (Å²) in [6.45, 7) is 1.82. The zero-order valence-corrected chi connectivity index (χ0v) is 13.0. The van der Waals surface area contributed by atoms with E-state index in [1.54, 1.807) is 43.1 Å². The van der Waals surface area contributed by atoms with Crippen molar-refractivity contribution in [3.05, 3.63) is 52.0 Å². The number of benzene rings is 1. The van der Waals surface area contributed by atoms with Crippen molar-refractivity contribution in [2.45, 2.75) is 6.92 Å². The summed E-state index contributed by atoms with van der Waals surface area (Å²) in [5.41, 5.74) is 1.71. The van der Waals surface area contributed by atoms with Crippen LogP contribution >= 0.6 is 0 Å². The monoisotopic (exact) mass is 302 g/mol. The average molecular weight is 302 g/mol. The van der Waals surface area contributed by atoms with Gasteiger partial charge in [0, 0.05) is 18.8 Å². The predicted molar refractivity (Wildman–Crippen MR) is 83.3 cm³/mol. The summed E-state index contributed by atoms with van der Waals surface area (Å²) in [7, 11) is 4.67. The van der Waals surface area contributed by atoms with Crippen LogP contribution in [0.2, 0.25) is 0 Å². The van der Waals surface area contributed by atoms with E-state index in [0.717, 1.165) is 5.69 Å². The van der Waals surface area contributed by atoms with E-state index in [1.165, 1.54) is 23.9 Å². The van der Waals surface area contributed by atoms with Crippen LogP contribution in [0, 0.1) is 6.92 Å². The van der Waals surface area contributed by atoms with Crippen LogP contribution in [0.5, 0.6) is 5.75 Å². The van der Waals surface area contributed by atoms with Crippen molar-refractivity contribution in [3.63, 3.8) is 0 Å². The molecule has 0 N–H and O–H groups in total. The molecule has 0 aliphatic heterocycles. The maximum Gasteiger partial charge on any atom is 0.330 e. The van der Waals surface area contributed by atoms with Gasteiger partial charge in [-0.2, -0.15) is 0 Å². The molecule has 0 atom stereocenters. The lowest BCUT2D eigenvalue weighted by Crippen LogP contribution is -2.20. The largest absolute Gasteiger partial charge is 0.497 e. The molecule has 0 saturated heterocycles. The minimum absolute atomic E-state index is 0.203. The van der Waals surface area contributed by atoms with E-state index in [2.05, 4.69) is 4.74 Å². The minimum Gasteiger partial charge on any atom is -0.497 e. The van der Waals surface area contributed by atoms with Gasteiger partial charge in [-0.25, -0.2) is 9.48 Å². The van der Waals surface area contributed by atoms with Crippen LogP contribution < -0.4 is 10.3 Å². The molecule has 0 amide bonds. The van der Waals surface area contributed by atoms with Crippen LogP contribution in [0.1, 0.15) is 11.3 Å². The normalized spacial score (nSPS) is 10.9. The molecular formula is C16H18N2O4. The maximum atomic E-state index is 12.6. The first-order chi connectivity index (χ1) is 10.5. The lowest BCUT2D eigenvalue weighted by atomic mass is 10.2. The van der Waals surface area contributed by atoms with Crippen molar-refractivity contribution >= 4 is 12.0 Å². The Balaban J connectivity index is 2.51. The number of esters is 1. The van der Waals surface area contributed by atoms with Crippen LogP contribution in [0.25, 0.3) is 11.8 Å². The molecule has 1 aromatic heterocycles. The Morgan fingerprint density at radius 3 is 2.36 bits per heavy atom. The molecule has 2 rings (SSSR count). The summed E-state index contributed by atoms with van der Waals surface area (Å²) in [5, 5.41) is 0. The fraction of sp³-hybridized carbons (Fsp3) is 0.250. The van der Waals surface area contributed by atoms with Gasteiger partial charge in [-0.05, 0) is 37.3 Å². The molecule has 0 spiro atoms. The highest BCUT2D eigenvalue weighted by atomic mass is 16.5. The topological polar surface area (TPSA) is 62.5 Å². The number of methoxy groups -OCH3 is 2. The van der Waals surface area contributed by atoms with Crippen LogP contribution in [0.15, 0.2) is 35.1 Å². The minimum atomic E-state index is -0.501. The summed E-state index contributed by atoms with van der Waals surface area (Å²) >= 11 is 0. The summed E-state index contributed by atoms with van der Waals surface area (Å²) < 4.78 is 12.9. The molecule has 0 aliphatic carbocycles. The highest BCUT2D eigenvalue weighted by Gasteiger charge is 2.14. The number of carbonyl (C=O) groups excluding carboxylic acids is 1. The molecule has 0 fully saturated rings. The smallest absolute Gasteiger partial charge is 0.330 e. The van der Waals surface area contributed by atoms with Crippen molar-refractivity contribution in [2.75, 3.05) is 14.2 Å². The SMILES string of the molecule is COC(=O)/C=C/c1c(C)n(C)n(-c2ccc(OC)cc2)c1=O. The van der Waals surface area contributed by atoms with Gasteiger partial charge in [0.05, 0.1) is 25.5 Å². The van der Waals surface area contributed by atoms with Crippen LogP contribution in [-0.4, -0.2) is 29.6 Å². The van der Waals surface area contributed by atoms with Gasteiger partial charge >= 0.3 is 5.97 Å². The standard InChI is InChI=1S/C16H18N2O4/c1-11-14(9-10-15(19)22-4)16(20)18(17(11)2)12-5-7-13(21-3)8-6-12/h5-10H,1-4H3/b10-9+. The third kappa shape index (κ3) is 2.81. The average Bonchev–Trinajstić information content (AvgIpc) is 2.75. The lowest BCUT2D eigenvalue weighted by molar-refractivity contribution is -0.134. The third-order valence-corrected chi connectivity index (χ3v) is 3.50. The molecule has 1 aromatic carbocycles. The number of nitrogens with zero attached hydrogens (tertiary/aromatic N) is 2. The molecule has 0 bridgehead atoms. The van der Waals surface area contributed by atoms with E-state index < -0.39 is 5.97 Å². The molecule has 0 unspecified atom stereocenters. The van der Waals surface area contributed by atoms with E-state index in [-0.39, 0.29) is 5.56 Å². The first-order valence-corrected chi connectivity index (χ1v) is 6.68. The summed E-state index contributed by atoms with van der Waals surface area (Å²) in [4.78, 5) is 23.8. The molecule has 0 aliphatic rings. The van der Waals surface area contributed by atoms with E-state index >= 15 is 0 Å². The number of ether oxygens (including phenoxy) is 2. The Morgan fingerprint density at radius 2 is 1.82 bits per heavy atom. The fourth-order valence-corrected chi connectivity index (χ4v) is 2.15. The molecule has 6 heteroatoms. The first kappa shape index (κ1) is 15.6. The van der Waals surface area contributed by atoms with Gasteiger partial charge in [-0.3, -0.25) is 9.48 Å². The zero-order valence-electron chi connectivity index (χ0n) is 13.0. The quantitative estimate of drug-likeness (QED) is 0.637. The third-order valence-electron chi connectivity index (χ3n) is 3.50. The maximum absolute atomic E-state index is 12.6. The number of rotatable bonds is 4. The Kier molecular flexibility index (Phi) is 4.50. The fourth-order valence-electron chi connectivity index (χ4n) is 2.15.